The molecule has 0 unspecified atom stereocenters. The first kappa shape index (κ1) is 23.3. The Kier molecular flexibility index (Phi) is 8.09. The second-order valence-electron chi connectivity index (χ2n) is 8.19. The highest BCUT2D eigenvalue weighted by Crippen LogP contribution is 2.23. The van der Waals surface area contributed by atoms with Crippen LogP contribution in [0.15, 0.2) is 48.5 Å². The van der Waals surface area contributed by atoms with Gasteiger partial charge in [0.15, 0.2) is 0 Å². The van der Waals surface area contributed by atoms with E-state index in [-0.39, 0.29) is 12.5 Å². The van der Waals surface area contributed by atoms with Crippen LogP contribution in [0, 0.1) is 0 Å². The van der Waals surface area contributed by atoms with Gasteiger partial charge in [-0.15, -0.1) is 0 Å². The quantitative estimate of drug-likeness (QED) is 0.646. The normalized spacial score (nSPS) is 14.9. The molecule has 3 rings (SSSR count). The summed E-state index contributed by atoms with van der Waals surface area (Å²) in [6.45, 7) is 5.32. The number of piperidine rings is 1. The number of amides is 1. The average molecular weight is 444 g/mol. The van der Waals surface area contributed by atoms with Crippen LogP contribution >= 0.6 is 0 Å². The zero-order valence-electron chi connectivity index (χ0n) is 18.5. The van der Waals surface area contributed by atoms with Gasteiger partial charge in [0, 0.05) is 13.1 Å². The van der Waals surface area contributed by atoms with Crippen molar-refractivity contribution in [3.63, 3.8) is 0 Å². The van der Waals surface area contributed by atoms with Gasteiger partial charge < -0.3 is 5.32 Å². The van der Waals surface area contributed by atoms with Crippen LogP contribution in [0.3, 0.4) is 0 Å². The zero-order valence-corrected chi connectivity index (χ0v) is 19.3. The Morgan fingerprint density at radius 3 is 2.45 bits per heavy atom. The predicted octanol–water partition coefficient (Wildman–Crippen LogP) is 3.32. The number of nitrogens with zero attached hydrogens (tertiary/aromatic N) is 2. The summed E-state index contributed by atoms with van der Waals surface area (Å²) in [4.78, 5) is 15.1. The molecule has 1 aliphatic heterocycles. The van der Waals surface area contributed by atoms with Crippen LogP contribution in [-0.4, -0.2) is 45.1 Å². The van der Waals surface area contributed by atoms with Gasteiger partial charge in [-0.2, -0.15) is 0 Å². The van der Waals surface area contributed by atoms with E-state index in [9.17, 15) is 13.2 Å². The van der Waals surface area contributed by atoms with Gasteiger partial charge in [0.1, 0.15) is 6.54 Å². The summed E-state index contributed by atoms with van der Waals surface area (Å²) in [5, 5.41) is 2.88. The summed E-state index contributed by atoms with van der Waals surface area (Å²) < 4.78 is 26.0. The molecule has 0 aliphatic carbocycles. The molecule has 2 aromatic carbocycles. The van der Waals surface area contributed by atoms with E-state index in [2.05, 4.69) is 22.3 Å². The smallest absolute Gasteiger partial charge is 0.241 e. The first-order valence-electron chi connectivity index (χ1n) is 11.0. The maximum Gasteiger partial charge on any atom is 0.241 e. The van der Waals surface area contributed by atoms with E-state index in [1.807, 2.05) is 31.2 Å². The zero-order chi connectivity index (χ0) is 22.3. The highest BCUT2D eigenvalue weighted by molar-refractivity contribution is 7.92. The summed E-state index contributed by atoms with van der Waals surface area (Å²) in [5.74, 6) is -0.322. The molecule has 7 heteroatoms. The van der Waals surface area contributed by atoms with Crippen molar-refractivity contribution in [1.29, 1.82) is 0 Å². The molecule has 0 spiro atoms. The number of rotatable bonds is 9. The molecule has 0 bridgehead atoms. The molecule has 6 nitrogen and oxygen atoms in total. The molecule has 168 valence electrons. The average Bonchev–Trinajstić information content (AvgIpc) is 2.76. The summed E-state index contributed by atoms with van der Waals surface area (Å²) in [6, 6.07) is 15.5. The Balaban J connectivity index is 1.62. The van der Waals surface area contributed by atoms with Crippen LogP contribution in [0.2, 0.25) is 0 Å². The Labute approximate surface area is 186 Å². The maximum absolute atomic E-state index is 12.6. The molecule has 1 saturated heterocycles. The number of aryl methyl sites for hydroxylation is 1. The number of likely N-dealkylation sites (tertiary alicyclic amines) is 1. The Hall–Kier alpha value is -2.38. The Morgan fingerprint density at radius 1 is 1.03 bits per heavy atom. The van der Waals surface area contributed by atoms with Crippen molar-refractivity contribution in [3.8, 4) is 0 Å². The third-order valence-electron chi connectivity index (χ3n) is 5.66. The molecular weight excluding hydrogens is 410 g/mol. The van der Waals surface area contributed by atoms with Crippen molar-refractivity contribution < 1.29 is 13.2 Å². The van der Waals surface area contributed by atoms with E-state index in [1.54, 1.807) is 12.1 Å². The lowest BCUT2D eigenvalue weighted by Gasteiger charge is -2.26. The second kappa shape index (κ2) is 10.8. The van der Waals surface area contributed by atoms with Crippen molar-refractivity contribution in [1.82, 2.24) is 10.2 Å². The summed E-state index contributed by atoms with van der Waals surface area (Å²) in [5.41, 5.74) is 3.71. The van der Waals surface area contributed by atoms with E-state index >= 15 is 0 Å². The Morgan fingerprint density at radius 2 is 1.74 bits per heavy atom. The topological polar surface area (TPSA) is 69.7 Å². The molecule has 0 saturated carbocycles. The molecule has 1 N–H and O–H groups in total. The van der Waals surface area contributed by atoms with Gasteiger partial charge in [-0.3, -0.25) is 14.0 Å². The van der Waals surface area contributed by atoms with E-state index in [0.29, 0.717) is 18.7 Å². The van der Waals surface area contributed by atoms with Gasteiger partial charge in [0.25, 0.3) is 0 Å². The third kappa shape index (κ3) is 6.80. The van der Waals surface area contributed by atoms with Crippen LogP contribution in [0.4, 0.5) is 5.69 Å². The monoisotopic (exact) mass is 443 g/mol. The first-order chi connectivity index (χ1) is 14.9. The third-order valence-corrected chi connectivity index (χ3v) is 6.79. The van der Waals surface area contributed by atoms with Crippen LogP contribution in [-0.2, 0) is 34.3 Å². The predicted molar refractivity (Wildman–Crippen MR) is 125 cm³/mol. The van der Waals surface area contributed by atoms with Gasteiger partial charge >= 0.3 is 0 Å². The van der Waals surface area contributed by atoms with Crippen LogP contribution in [0.25, 0.3) is 0 Å². The molecule has 1 aliphatic rings. The van der Waals surface area contributed by atoms with Gasteiger partial charge in [0.05, 0.1) is 11.9 Å². The van der Waals surface area contributed by atoms with Gasteiger partial charge in [-0.25, -0.2) is 8.42 Å². The highest BCUT2D eigenvalue weighted by Gasteiger charge is 2.22. The van der Waals surface area contributed by atoms with E-state index in [4.69, 9.17) is 0 Å². The first-order valence-corrected chi connectivity index (χ1v) is 12.8. The van der Waals surface area contributed by atoms with Gasteiger partial charge in [-0.05, 0) is 55.1 Å². The van der Waals surface area contributed by atoms with E-state index in [1.165, 1.54) is 29.1 Å². The lowest BCUT2D eigenvalue weighted by molar-refractivity contribution is -0.119. The number of carbonyl (C=O) groups is 1. The summed E-state index contributed by atoms with van der Waals surface area (Å²) >= 11 is 0. The number of hydrogen-bond acceptors (Lipinski definition) is 4. The SMILES string of the molecule is CCc1ccccc1N(CC(=O)NCc1cccc(CN2CCCCC2)c1)S(C)(=O)=O. The molecule has 2 aromatic rings. The van der Waals surface area contributed by atoms with Crippen molar-refractivity contribution >= 4 is 21.6 Å². The Bertz CT molecular complexity index is 985. The lowest BCUT2D eigenvalue weighted by atomic mass is 10.1. The molecule has 1 heterocycles. The fourth-order valence-electron chi connectivity index (χ4n) is 4.03. The standard InChI is InChI=1S/C24H33N3O3S/c1-3-22-12-5-6-13-23(22)27(31(2,29)30)19-24(28)25-17-20-10-9-11-21(16-20)18-26-14-7-4-8-15-26/h5-6,9-13,16H,3-4,7-8,14-15,17-19H2,1-2H3,(H,25,28). The van der Waals surface area contributed by atoms with E-state index in [0.717, 1.165) is 37.0 Å². The number of hydrogen-bond donors (Lipinski definition) is 1. The van der Waals surface area contributed by atoms with Crippen molar-refractivity contribution in [2.75, 3.05) is 30.2 Å². The molecule has 0 aromatic heterocycles. The maximum atomic E-state index is 12.6. The van der Waals surface area contributed by atoms with Crippen molar-refractivity contribution in [3.05, 3.63) is 65.2 Å². The number of sulfonamides is 1. The number of carbonyl (C=O) groups excluding carboxylic acids is 1. The van der Waals surface area contributed by atoms with Crippen LogP contribution in [0.1, 0.15) is 42.9 Å². The van der Waals surface area contributed by atoms with Crippen LogP contribution < -0.4 is 9.62 Å². The minimum atomic E-state index is -3.58. The van der Waals surface area contributed by atoms with E-state index < -0.39 is 10.0 Å². The fourth-order valence-corrected chi connectivity index (χ4v) is 4.92. The van der Waals surface area contributed by atoms with Gasteiger partial charge in [0.2, 0.25) is 15.9 Å². The molecule has 1 fully saturated rings. The number of anilines is 1. The minimum absolute atomic E-state index is 0.233. The van der Waals surface area contributed by atoms with Gasteiger partial charge in [-0.1, -0.05) is 55.8 Å². The fraction of sp³-hybridized carbons (Fsp3) is 0.458. The number of nitrogens with one attached hydrogen (secondary N) is 1. The molecule has 1 amide bonds. The largest absolute Gasteiger partial charge is 0.350 e. The van der Waals surface area contributed by atoms with Crippen molar-refractivity contribution in [2.24, 2.45) is 0 Å². The molecular formula is C24H33N3O3S. The van der Waals surface area contributed by atoms with Crippen molar-refractivity contribution in [2.45, 2.75) is 45.7 Å². The molecule has 0 atom stereocenters. The minimum Gasteiger partial charge on any atom is -0.350 e. The number of para-hydroxylation sites is 1. The highest BCUT2D eigenvalue weighted by atomic mass is 32.2. The van der Waals surface area contributed by atoms with Crippen LogP contribution in [0.5, 0.6) is 0 Å². The molecule has 0 radical (unpaired) electrons. The lowest BCUT2D eigenvalue weighted by Crippen LogP contribution is -2.40. The summed E-state index contributed by atoms with van der Waals surface area (Å²) in [7, 11) is -3.58. The second-order valence-corrected chi connectivity index (χ2v) is 10.1. The molecule has 31 heavy (non-hydrogen) atoms. The number of benzene rings is 2. The summed E-state index contributed by atoms with van der Waals surface area (Å²) in [6.07, 6.45) is 5.65.